The van der Waals surface area contributed by atoms with Crippen molar-refractivity contribution < 1.29 is 18.8 Å². The van der Waals surface area contributed by atoms with Crippen LogP contribution in [-0.4, -0.2) is 22.6 Å². The third kappa shape index (κ3) is 2.31. The molecular weight excluding hydrogens is 222 g/mol. The molecule has 0 amide bonds. The number of halogens is 2. The van der Waals surface area contributed by atoms with Gasteiger partial charge in [0.2, 0.25) is 0 Å². The van der Waals surface area contributed by atoms with E-state index in [1.54, 1.807) is 0 Å². The molecule has 88 valence electrons. The lowest BCUT2D eigenvalue weighted by Gasteiger charge is -2.21. The summed E-state index contributed by atoms with van der Waals surface area (Å²) in [4.78, 5) is 9.80. The summed E-state index contributed by atoms with van der Waals surface area (Å²) in [5.74, 6) is -3.59. The summed E-state index contributed by atoms with van der Waals surface area (Å²) in [6.45, 7) is -1.46. The number of nitro groups is 1. The van der Waals surface area contributed by atoms with Crippen molar-refractivity contribution in [2.45, 2.75) is 12.0 Å². The summed E-state index contributed by atoms with van der Waals surface area (Å²) in [6.07, 6.45) is 0. The van der Waals surface area contributed by atoms with Gasteiger partial charge >= 0.3 is 0 Å². The smallest absolute Gasteiger partial charge is 0.289 e. The van der Waals surface area contributed by atoms with E-state index in [0.29, 0.717) is 0 Å². The van der Waals surface area contributed by atoms with Crippen molar-refractivity contribution in [3.05, 3.63) is 39.9 Å². The molecule has 0 radical (unpaired) electrons. The normalized spacial score (nSPS) is 13.5. The maximum absolute atomic E-state index is 13.1. The second-order valence-electron chi connectivity index (χ2n) is 3.21. The molecule has 0 aliphatic rings. The first-order valence-electron chi connectivity index (χ1n) is 4.37. The number of nitrogens with two attached hydrogens (primary N) is 1. The van der Waals surface area contributed by atoms with E-state index in [4.69, 9.17) is 10.8 Å². The summed E-state index contributed by atoms with van der Waals surface area (Å²) in [6, 6.07) is 3.05. The fourth-order valence-corrected chi connectivity index (χ4v) is 1.24. The van der Waals surface area contributed by atoms with Gasteiger partial charge in [0.05, 0.1) is 10.5 Å². The van der Waals surface area contributed by atoms with E-state index in [-0.39, 0.29) is 5.56 Å². The van der Waals surface area contributed by atoms with Crippen molar-refractivity contribution in [2.24, 2.45) is 5.73 Å². The highest BCUT2D eigenvalue weighted by molar-refractivity contribution is 5.42. The predicted molar refractivity (Wildman–Crippen MR) is 52.1 cm³/mol. The predicted octanol–water partition coefficient (Wildman–Crippen LogP) is 1.22. The Morgan fingerprint density at radius 3 is 2.56 bits per heavy atom. The Morgan fingerprint density at radius 1 is 1.50 bits per heavy atom. The van der Waals surface area contributed by atoms with Crippen molar-refractivity contribution in [1.29, 1.82) is 0 Å². The van der Waals surface area contributed by atoms with Gasteiger partial charge in [-0.05, 0) is 0 Å². The average molecular weight is 232 g/mol. The first kappa shape index (κ1) is 12.5. The van der Waals surface area contributed by atoms with Gasteiger partial charge in [-0.15, -0.1) is 0 Å². The summed E-state index contributed by atoms with van der Waals surface area (Å²) in [5, 5.41) is 19.0. The Morgan fingerprint density at radius 2 is 2.06 bits per heavy atom. The van der Waals surface area contributed by atoms with Crippen LogP contribution in [0.1, 0.15) is 11.6 Å². The van der Waals surface area contributed by atoms with E-state index >= 15 is 0 Å². The van der Waals surface area contributed by atoms with Gasteiger partial charge in [0.15, 0.2) is 0 Å². The number of hydrogen-bond donors (Lipinski definition) is 2. The number of alkyl halides is 2. The maximum Gasteiger partial charge on any atom is 0.289 e. The molecule has 7 heteroatoms. The zero-order valence-electron chi connectivity index (χ0n) is 8.14. The van der Waals surface area contributed by atoms with Crippen LogP contribution in [0.4, 0.5) is 14.5 Å². The van der Waals surface area contributed by atoms with Crippen LogP contribution in [0.25, 0.3) is 0 Å². The first-order chi connectivity index (χ1) is 7.40. The average Bonchev–Trinajstić information content (AvgIpc) is 2.28. The van der Waals surface area contributed by atoms with Crippen LogP contribution in [0.3, 0.4) is 0 Å². The number of para-hydroxylation sites is 1. The van der Waals surface area contributed by atoms with Crippen molar-refractivity contribution in [1.82, 2.24) is 0 Å². The molecule has 0 heterocycles. The molecule has 0 aliphatic heterocycles. The molecule has 16 heavy (non-hydrogen) atoms. The third-order valence-corrected chi connectivity index (χ3v) is 2.13. The Hall–Kier alpha value is -1.60. The number of benzene rings is 1. The summed E-state index contributed by atoms with van der Waals surface area (Å²) in [5.41, 5.74) is 4.42. The van der Waals surface area contributed by atoms with Gasteiger partial charge in [-0.2, -0.15) is 0 Å². The van der Waals surface area contributed by atoms with E-state index in [0.717, 1.165) is 12.1 Å². The fourth-order valence-electron chi connectivity index (χ4n) is 1.24. The van der Waals surface area contributed by atoms with Crippen LogP contribution in [0.2, 0.25) is 0 Å². The Bertz CT molecular complexity index is 398. The van der Waals surface area contributed by atoms with Crippen molar-refractivity contribution in [3.8, 4) is 0 Å². The Balaban J connectivity index is 3.18. The van der Waals surface area contributed by atoms with Crippen molar-refractivity contribution in [3.63, 3.8) is 0 Å². The zero-order chi connectivity index (χ0) is 12.3. The topological polar surface area (TPSA) is 89.4 Å². The monoisotopic (exact) mass is 232 g/mol. The highest BCUT2D eigenvalue weighted by atomic mass is 19.3. The number of hydrogen-bond acceptors (Lipinski definition) is 4. The summed E-state index contributed by atoms with van der Waals surface area (Å²) >= 11 is 0. The van der Waals surface area contributed by atoms with E-state index in [1.165, 1.54) is 12.1 Å². The van der Waals surface area contributed by atoms with E-state index in [2.05, 4.69) is 0 Å². The van der Waals surface area contributed by atoms with Gasteiger partial charge in [0.1, 0.15) is 12.6 Å². The molecule has 0 aromatic heterocycles. The number of aliphatic hydroxyl groups is 1. The molecule has 1 rings (SSSR count). The number of aliphatic hydroxyl groups excluding tert-OH is 1. The minimum Gasteiger partial charge on any atom is -0.390 e. The molecule has 1 atom stereocenters. The lowest BCUT2D eigenvalue weighted by atomic mass is 10.0. The lowest BCUT2D eigenvalue weighted by molar-refractivity contribution is -0.386. The standard InChI is InChI=1S/C9H10F2N2O3/c10-9(11,5-14)8(12)6-3-1-2-4-7(6)13(15)16/h1-4,8,14H,5,12H2/t8-/m1/s1. The third-order valence-electron chi connectivity index (χ3n) is 2.13. The van der Waals surface area contributed by atoms with E-state index in [1.807, 2.05) is 0 Å². The minimum atomic E-state index is -3.59. The molecule has 1 aromatic rings. The van der Waals surface area contributed by atoms with Crippen LogP contribution in [0, 0.1) is 10.1 Å². The minimum absolute atomic E-state index is 0.299. The van der Waals surface area contributed by atoms with Crippen LogP contribution in [0.15, 0.2) is 24.3 Å². The molecule has 0 bridgehead atoms. The zero-order valence-corrected chi connectivity index (χ0v) is 8.14. The van der Waals surface area contributed by atoms with Crippen molar-refractivity contribution >= 4 is 5.69 Å². The molecule has 1 aromatic carbocycles. The number of nitro benzene ring substituents is 1. The number of nitrogens with zero attached hydrogens (tertiary/aromatic N) is 1. The molecule has 3 N–H and O–H groups in total. The largest absolute Gasteiger partial charge is 0.390 e. The van der Waals surface area contributed by atoms with Gasteiger partial charge in [-0.25, -0.2) is 8.78 Å². The van der Waals surface area contributed by atoms with Gasteiger partial charge in [0, 0.05) is 6.07 Å². The molecule has 5 nitrogen and oxygen atoms in total. The molecule has 0 saturated heterocycles. The second-order valence-corrected chi connectivity index (χ2v) is 3.21. The number of rotatable bonds is 4. The van der Waals surface area contributed by atoms with Gasteiger partial charge in [-0.3, -0.25) is 10.1 Å². The van der Waals surface area contributed by atoms with Gasteiger partial charge in [-0.1, -0.05) is 18.2 Å². The second kappa shape index (κ2) is 4.50. The summed E-state index contributed by atoms with van der Waals surface area (Å²) in [7, 11) is 0. The lowest BCUT2D eigenvalue weighted by Crippen LogP contribution is -2.36. The molecule has 0 spiro atoms. The highest BCUT2D eigenvalue weighted by Gasteiger charge is 2.40. The van der Waals surface area contributed by atoms with Gasteiger partial charge in [0.25, 0.3) is 11.6 Å². The van der Waals surface area contributed by atoms with E-state index in [9.17, 15) is 18.9 Å². The van der Waals surface area contributed by atoms with Crippen LogP contribution in [0.5, 0.6) is 0 Å². The maximum atomic E-state index is 13.1. The molecule has 0 unspecified atom stereocenters. The highest BCUT2D eigenvalue weighted by Crippen LogP contribution is 2.33. The van der Waals surface area contributed by atoms with Crippen LogP contribution in [-0.2, 0) is 0 Å². The first-order valence-corrected chi connectivity index (χ1v) is 4.37. The van der Waals surface area contributed by atoms with Crippen LogP contribution < -0.4 is 5.73 Å². The summed E-state index contributed by atoms with van der Waals surface area (Å²) < 4.78 is 26.2. The van der Waals surface area contributed by atoms with Gasteiger partial charge < -0.3 is 10.8 Å². The van der Waals surface area contributed by atoms with Crippen molar-refractivity contribution in [2.75, 3.05) is 6.61 Å². The molecular formula is C9H10F2N2O3. The Labute approximate surface area is 89.6 Å². The quantitative estimate of drug-likeness (QED) is 0.603. The molecule has 0 aliphatic carbocycles. The van der Waals surface area contributed by atoms with Crippen LogP contribution >= 0.6 is 0 Å². The SMILES string of the molecule is N[C@H](c1ccccc1[N+](=O)[O-])C(F)(F)CO. The van der Waals surface area contributed by atoms with E-state index < -0.39 is 29.2 Å². The fraction of sp³-hybridized carbons (Fsp3) is 0.333. The molecule has 0 saturated carbocycles. The molecule has 0 fully saturated rings. The Kier molecular flexibility index (Phi) is 3.51.